The molecule has 4 rings (SSSR count). The Balaban J connectivity index is 1.57. The van der Waals surface area contributed by atoms with Crippen molar-refractivity contribution in [1.29, 1.82) is 0 Å². The van der Waals surface area contributed by atoms with Crippen molar-refractivity contribution in [2.24, 2.45) is 0 Å². The van der Waals surface area contributed by atoms with Gasteiger partial charge in [-0.2, -0.15) is 0 Å². The molecule has 0 saturated heterocycles. The second-order valence-corrected chi connectivity index (χ2v) is 8.06. The van der Waals surface area contributed by atoms with Crippen LogP contribution in [0.2, 0.25) is 0 Å². The molecule has 0 fully saturated rings. The molecule has 0 heterocycles. The molecule has 1 amide bonds. The first kappa shape index (κ1) is 25.2. The van der Waals surface area contributed by atoms with Gasteiger partial charge in [-0.25, -0.2) is 9.59 Å². The molecule has 0 unspecified atom stereocenters. The minimum absolute atomic E-state index is 0.0184. The molecule has 7 heteroatoms. The fraction of sp³-hybridized carbons (Fsp3) is 0.100. The molecule has 0 bridgehead atoms. The Hall–Kier alpha value is -4.91. The van der Waals surface area contributed by atoms with Crippen LogP contribution in [0.15, 0.2) is 103 Å². The third kappa shape index (κ3) is 6.02. The number of amides is 1. The Morgan fingerprint density at radius 1 is 0.622 bits per heavy atom. The van der Waals surface area contributed by atoms with Gasteiger partial charge in [0.1, 0.15) is 11.5 Å². The number of ether oxygens (including phenoxy) is 3. The number of esters is 2. The number of rotatable bonds is 8. The van der Waals surface area contributed by atoms with Gasteiger partial charge in [0.05, 0.1) is 31.3 Å². The Bertz CT molecular complexity index is 1360. The molecular formula is C30H25NO6. The quantitative estimate of drug-likeness (QED) is 0.310. The molecule has 4 aromatic rings. The van der Waals surface area contributed by atoms with Crippen molar-refractivity contribution in [3.8, 4) is 11.5 Å². The molecule has 7 nitrogen and oxygen atoms in total. The summed E-state index contributed by atoms with van der Waals surface area (Å²) < 4.78 is 15.4. The third-order valence-electron chi connectivity index (χ3n) is 5.67. The summed E-state index contributed by atoms with van der Waals surface area (Å²) in [6.45, 7) is 0. The Morgan fingerprint density at radius 2 is 1.19 bits per heavy atom. The highest BCUT2D eigenvalue weighted by Gasteiger charge is 2.23. The fourth-order valence-electron chi connectivity index (χ4n) is 3.93. The van der Waals surface area contributed by atoms with Gasteiger partial charge in [0.25, 0.3) is 0 Å². The Kier molecular flexibility index (Phi) is 7.95. The van der Waals surface area contributed by atoms with Gasteiger partial charge in [-0.1, -0.05) is 66.7 Å². The largest absolute Gasteiger partial charge is 0.465 e. The molecule has 0 aliphatic heterocycles. The highest BCUT2D eigenvalue weighted by Crippen LogP contribution is 2.29. The summed E-state index contributed by atoms with van der Waals surface area (Å²) in [6.07, 6.45) is 0. The van der Waals surface area contributed by atoms with Crippen LogP contribution >= 0.6 is 0 Å². The maximum Gasteiger partial charge on any atom is 0.338 e. The molecular weight excluding hydrogens is 470 g/mol. The van der Waals surface area contributed by atoms with Crippen LogP contribution in [-0.4, -0.2) is 32.1 Å². The van der Waals surface area contributed by atoms with Gasteiger partial charge in [0.15, 0.2) is 0 Å². The number of carbonyl (C=O) groups is 3. The molecule has 4 aromatic carbocycles. The van der Waals surface area contributed by atoms with Crippen molar-refractivity contribution < 1.29 is 28.6 Å². The lowest BCUT2D eigenvalue weighted by Gasteiger charge is -2.18. The Labute approximate surface area is 214 Å². The van der Waals surface area contributed by atoms with Crippen molar-refractivity contribution >= 4 is 23.5 Å². The zero-order chi connectivity index (χ0) is 26.2. The lowest BCUT2D eigenvalue weighted by atomic mass is 9.90. The smallest absolute Gasteiger partial charge is 0.338 e. The molecule has 0 aromatic heterocycles. The lowest BCUT2D eigenvalue weighted by Crippen LogP contribution is -2.22. The van der Waals surface area contributed by atoms with Crippen molar-refractivity contribution in [1.82, 2.24) is 0 Å². The average molecular weight is 496 g/mol. The Morgan fingerprint density at radius 3 is 1.78 bits per heavy atom. The zero-order valence-electron chi connectivity index (χ0n) is 20.3. The van der Waals surface area contributed by atoms with Gasteiger partial charge >= 0.3 is 11.9 Å². The van der Waals surface area contributed by atoms with Crippen LogP contribution in [0.5, 0.6) is 11.5 Å². The van der Waals surface area contributed by atoms with Crippen molar-refractivity contribution in [2.75, 3.05) is 19.5 Å². The van der Waals surface area contributed by atoms with Gasteiger partial charge in [-0.15, -0.1) is 0 Å². The van der Waals surface area contributed by atoms with E-state index in [1.807, 2.05) is 60.7 Å². The first-order valence-electron chi connectivity index (χ1n) is 11.5. The molecule has 1 N–H and O–H groups in total. The third-order valence-corrected chi connectivity index (χ3v) is 5.67. The highest BCUT2D eigenvalue weighted by molar-refractivity contribution is 6.03. The maximum absolute atomic E-state index is 13.4. The van der Waals surface area contributed by atoms with E-state index in [0.29, 0.717) is 17.2 Å². The van der Waals surface area contributed by atoms with E-state index >= 15 is 0 Å². The van der Waals surface area contributed by atoms with Crippen LogP contribution in [0.4, 0.5) is 5.69 Å². The summed E-state index contributed by atoms with van der Waals surface area (Å²) in [5.41, 5.74) is 2.37. The zero-order valence-corrected chi connectivity index (χ0v) is 20.3. The number of carbonyl (C=O) groups excluding carboxylic acids is 3. The molecule has 0 aliphatic carbocycles. The first-order valence-corrected chi connectivity index (χ1v) is 11.5. The number of methoxy groups -OCH3 is 2. The summed E-state index contributed by atoms with van der Waals surface area (Å²) in [4.78, 5) is 37.6. The summed E-state index contributed by atoms with van der Waals surface area (Å²) in [7, 11) is 2.45. The minimum atomic E-state index is -0.695. The van der Waals surface area contributed by atoms with E-state index in [1.165, 1.54) is 26.4 Å². The molecule has 0 atom stereocenters. The molecule has 37 heavy (non-hydrogen) atoms. The first-order chi connectivity index (χ1) is 18.0. The van der Waals surface area contributed by atoms with Gasteiger partial charge < -0.3 is 19.5 Å². The fourth-order valence-corrected chi connectivity index (χ4v) is 3.93. The number of anilines is 1. The van der Waals surface area contributed by atoms with Gasteiger partial charge in [0, 0.05) is 11.8 Å². The second kappa shape index (κ2) is 11.7. The van der Waals surface area contributed by atoms with Crippen LogP contribution in [0.1, 0.15) is 37.8 Å². The monoisotopic (exact) mass is 495 g/mol. The van der Waals surface area contributed by atoms with Crippen LogP contribution < -0.4 is 10.1 Å². The maximum atomic E-state index is 13.4. The van der Waals surface area contributed by atoms with E-state index in [4.69, 9.17) is 14.2 Å². The lowest BCUT2D eigenvalue weighted by molar-refractivity contribution is -0.116. The predicted molar refractivity (Wildman–Crippen MR) is 139 cm³/mol. The van der Waals surface area contributed by atoms with E-state index < -0.39 is 17.9 Å². The van der Waals surface area contributed by atoms with Gasteiger partial charge in [-0.05, 0) is 41.5 Å². The highest BCUT2D eigenvalue weighted by atomic mass is 16.5. The average Bonchev–Trinajstić information content (AvgIpc) is 2.93. The van der Waals surface area contributed by atoms with Crippen LogP contribution in [0.3, 0.4) is 0 Å². The topological polar surface area (TPSA) is 90.9 Å². The number of hydrogen-bond acceptors (Lipinski definition) is 6. The minimum Gasteiger partial charge on any atom is -0.465 e. The number of nitrogens with one attached hydrogen (secondary N) is 1. The summed E-state index contributed by atoms with van der Waals surface area (Å²) in [5.74, 6) is -1.31. The van der Waals surface area contributed by atoms with E-state index in [9.17, 15) is 14.4 Å². The summed E-state index contributed by atoms with van der Waals surface area (Å²) >= 11 is 0. The molecule has 186 valence electrons. The van der Waals surface area contributed by atoms with Gasteiger partial charge in [-0.3, -0.25) is 4.79 Å². The number of hydrogen-bond donors (Lipinski definition) is 1. The molecule has 0 radical (unpaired) electrons. The van der Waals surface area contributed by atoms with E-state index in [2.05, 4.69) is 5.32 Å². The van der Waals surface area contributed by atoms with E-state index in [-0.39, 0.29) is 17.0 Å². The van der Waals surface area contributed by atoms with E-state index in [0.717, 1.165) is 11.1 Å². The SMILES string of the molecule is COC(=O)c1ccc(Oc2cccc(NC(=O)C(c3ccccc3)c3ccccc3)c2)cc1C(=O)OC. The molecule has 0 saturated carbocycles. The standard InChI is InChI=1S/C30H25NO6/c1-35-29(33)25-17-16-24(19-26(25)30(34)36-2)37-23-15-9-14-22(18-23)31-28(32)27(20-10-5-3-6-11-20)21-12-7-4-8-13-21/h3-19,27H,1-2H3,(H,31,32). The predicted octanol–water partition coefficient (Wildman–Crippen LogP) is 5.82. The van der Waals surface area contributed by atoms with Crippen molar-refractivity contribution in [3.63, 3.8) is 0 Å². The normalized spacial score (nSPS) is 10.5. The summed E-state index contributed by atoms with van der Waals surface area (Å²) in [5, 5.41) is 2.98. The molecule has 0 aliphatic rings. The van der Waals surface area contributed by atoms with Crippen LogP contribution in [-0.2, 0) is 14.3 Å². The molecule has 0 spiro atoms. The van der Waals surface area contributed by atoms with Gasteiger partial charge in [0.2, 0.25) is 5.91 Å². The van der Waals surface area contributed by atoms with Crippen molar-refractivity contribution in [3.05, 3.63) is 125 Å². The number of benzene rings is 4. The van der Waals surface area contributed by atoms with Crippen molar-refractivity contribution in [2.45, 2.75) is 5.92 Å². The van der Waals surface area contributed by atoms with E-state index in [1.54, 1.807) is 30.3 Å². The van der Waals surface area contributed by atoms with Crippen LogP contribution in [0, 0.1) is 0 Å². The summed E-state index contributed by atoms with van der Waals surface area (Å²) in [6, 6.07) is 30.4. The van der Waals surface area contributed by atoms with Crippen LogP contribution in [0.25, 0.3) is 0 Å². The second-order valence-electron chi connectivity index (χ2n) is 8.06.